The lowest BCUT2D eigenvalue weighted by atomic mass is 10.3. The van der Waals surface area contributed by atoms with E-state index in [1.165, 1.54) is 0 Å². The first kappa shape index (κ1) is 14.4. The van der Waals surface area contributed by atoms with E-state index in [2.05, 4.69) is 10.1 Å². The highest BCUT2D eigenvalue weighted by atomic mass is 32.2. The van der Waals surface area contributed by atoms with Crippen molar-refractivity contribution in [1.29, 1.82) is 5.26 Å². The van der Waals surface area contributed by atoms with Gasteiger partial charge in [0.15, 0.2) is 0 Å². The number of nitrogens with two attached hydrogens (primary N) is 1. The highest BCUT2D eigenvalue weighted by Gasteiger charge is 2.25. The SMILES string of the molecule is CCOC(=O)Nc1sc(C)c(C#N)c1S(N)(=O)=O. The lowest BCUT2D eigenvalue weighted by Crippen LogP contribution is -2.18. The van der Waals surface area contributed by atoms with E-state index in [4.69, 9.17) is 10.4 Å². The van der Waals surface area contributed by atoms with Gasteiger partial charge in [0.2, 0.25) is 10.0 Å². The summed E-state index contributed by atoms with van der Waals surface area (Å²) in [5.74, 6) is 0. The number of hydrogen-bond acceptors (Lipinski definition) is 6. The van der Waals surface area contributed by atoms with Crippen LogP contribution in [0.4, 0.5) is 9.80 Å². The third-order valence-corrected chi connectivity index (χ3v) is 4.05. The largest absolute Gasteiger partial charge is 0.450 e. The molecule has 0 aliphatic rings. The van der Waals surface area contributed by atoms with Gasteiger partial charge in [0, 0.05) is 4.88 Å². The van der Waals surface area contributed by atoms with Crippen LogP contribution < -0.4 is 10.5 Å². The third kappa shape index (κ3) is 2.98. The number of thiophene rings is 1. The average molecular weight is 289 g/mol. The van der Waals surface area contributed by atoms with Crippen LogP contribution in [0.25, 0.3) is 0 Å². The van der Waals surface area contributed by atoms with Crippen LogP contribution in [0.1, 0.15) is 17.4 Å². The summed E-state index contributed by atoms with van der Waals surface area (Å²) >= 11 is 0.953. The number of nitrogens with one attached hydrogen (secondary N) is 1. The van der Waals surface area contributed by atoms with Gasteiger partial charge in [-0.15, -0.1) is 11.3 Å². The van der Waals surface area contributed by atoms with Gasteiger partial charge < -0.3 is 4.74 Å². The van der Waals surface area contributed by atoms with Crippen LogP contribution in [0.3, 0.4) is 0 Å². The van der Waals surface area contributed by atoms with Gasteiger partial charge in [-0.1, -0.05) is 0 Å². The van der Waals surface area contributed by atoms with Crippen LogP contribution in [-0.4, -0.2) is 21.1 Å². The van der Waals surface area contributed by atoms with Crippen molar-refractivity contribution in [1.82, 2.24) is 0 Å². The van der Waals surface area contributed by atoms with Gasteiger partial charge in [-0.2, -0.15) is 5.26 Å². The van der Waals surface area contributed by atoms with Crippen LogP contribution in [-0.2, 0) is 14.8 Å². The summed E-state index contributed by atoms with van der Waals surface area (Å²) in [7, 11) is -4.10. The maximum atomic E-state index is 11.4. The van der Waals surface area contributed by atoms with Crippen molar-refractivity contribution in [3.63, 3.8) is 0 Å². The lowest BCUT2D eigenvalue weighted by molar-refractivity contribution is 0.168. The molecule has 1 aromatic rings. The summed E-state index contributed by atoms with van der Waals surface area (Å²) in [4.78, 5) is 11.3. The zero-order valence-corrected chi connectivity index (χ0v) is 11.3. The van der Waals surface area contributed by atoms with E-state index < -0.39 is 16.1 Å². The Bertz CT molecular complexity index is 612. The Morgan fingerprint density at radius 1 is 1.61 bits per heavy atom. The summed E-state index contributed by atoms with van der Waals surface area (Å²) in [6.07, 6.45) is -0.798. The maximum Gasteiger partial charge on any atom is 0.412 e. The molecule has 0 aliphatic heterocycles. The van der Waals surface area contributed by atoms with Crippen LogP contribution in [0.5, 0.6) is 0 Å². The molecular weight excluding hydrogens is 278 g/mol. The van der Waals surface area contributed by atoms with E-state index in [9.17, 15) is 13.2 Å². The zero-order valence-electron chi connectivity index (χ0n) is 9.68. The minimum absolute atomic E-state index is 0.00926. The molecule has 0 saturated heterocycles. The Balaban J connectivity index is 3.30. The van der Waals surface area contributed by atoms with Gasteiger partial charge >= 0.3 is 6.09 Å². The molecule has 0 aliphatic carbocycles. The molecule has 1 aromatic heterocycles. The number of nitriles is 1. The van der Waals surface area contributed by atoms with Crippen LogP contribution in [0, 0.1) is 18.3 Å². The first-order chi connectivity index (χ1) is 8.31. The molecule has 0 bridgehead atoms. The van der Waals surface area contributed by atoms with Crippen molar-refractivity contribution in [2.24, 2.45) is 5.14 Å². The highest BCUT2D eigenvalue weighted by Crippen LogP contribution is 2.35. The number of hydrogen-bond donors (Lipinski definition) is 2. The third-order valence-electron chi connectivity index (χ3n) is 1.93. The summed E-state index contributed by atoms with van der Waals surface area (Å²) in [5, 5.41) is 16.2. The molecule has 1 rings (SSSR count). The van der Waals surface area contributed by atoms with Gasteiger partial charge in [-0.05, 0) is 13.8 Å². The van der Waals surface area contributed by atoms with E-state index in [1.54, 1.807) is 19.9 Å². The fourth-order valence-electron chi connectivity index (χ4n) is 1.27. The monoisotopic (exact) mass is 289 g/mol. The molecule has 0 atom stereocenters. The Morgan fingerprint density at radius 3 is 2.67 bits per heavy atom. The molecule has 3 N–H and O–H groups in total. The maximum absolute atomic E-state index is 11.4. The molecule has 7 nitrogen and oxygen atoms in total. The number of aryl methyl sites for hydroxylation is 1. The number of nitrogens with zero attached hydrogens (tertiary/aromatic N) is 1. The van der Waals surface area contributed by atoms with Gasteiger partial charge in [-0.25, -0.2) is 18.4 Å². The predicted octanol–water partition coefficient (Wildman–Crippen LogP) is 1.14. The van der Waals surface area contributed by atoms with Gasteiger partial charge in [-0.3, -0.25) is 5.32 Å². The Morgan fingerprint density at radius 2 is 2.22 bits per heavy atom. The predicted molar refractivity (Wildman–Crippen MR) is 65.8 cm³/mol. The molecule has 0 unspecified atom stereocenters. The molecule has 1 heterocycles. The molecule has 1 amide bonds. The number of rotatable bonds is 3. The Labute approximate surface area is 108 Å². The van der Waals surface area contributed by atoms with Crippen molar-refractivity contribution >= 4 is 32.5 Å². The highest BCUT2D eigenvalue weighted by molar-refractivity contribution is 7.89. The normalized spacial score (nSPS) is 10.8. The molecule has 0 saturated carbocycles. The van der Waals surface area contributed by atoms with Gasteiger partial charge in [0.25, 0.3) is 0 Å². The first-order valence-electron chi connectivity index (χ1n) is 4.81. The summed E-state index contributed by atoms with van der Waals surface area (Å²) < 4.78 is 27.5. The van der Waals surface area contributed by atoms with E-state index in [0.29, 0.717) is 4.88 Å². The van der Waals surface area contributed by atoms with Crippen molar-refractivity contribution in [3.05, 3.63) is 10.4 Å². The molecule has 0 radical (unpaired) electrons. The molecule has 98 valence electrons. The standard InChI is InChI=1S/C9H11N3O4S2/c1-3-16-9(13)12-8-7(18(11,14)15)6(4-10)5(2)17-8/h3H2,1-2H3,(H,12,13)(H2,11,14,15). The number of carbonyl (C=O) groups is 1. The van der Waals surface area contributed by atoms with E-state index in [0.717, 1.165) is 11.3 Å². The second kappa shape index (κ2) is 5.34. The van der Waals surface area contributed by atoms with Crippen LogP contribution >= 0.6 is 11.3 Å². The summed E-state index contributed by atoms with van der Waals surface area (Å²) in [5.41, 5.74) is -0.0608. The van der Waals surface area contributed by atoms with Crippen molar-refractivity contribution in [2.75, 3.05) is 11.9 Å². The van der Waals surface area contributed by atoms with Crippen LogP contribution in [0.2, 0.25) is 0 Å². The number of anilines is 1. The molecule has 0 spiro atoms. The van der Waals surface area contributed by atoms with Gasteiger partial charge in [0.1, 0.15) is 16.0 Å². The summed E-state index contributed by atoms with van der Waals surface area (Å²) in [6, 6.07) is 1.76. The van der Waals surface area contributed by atoms with Crippen LogP contribution in [0.15, 0.2) is 4.90 Å². The van der Waals surface area contributed by atoms with Crippen molar-refractivity contribution < 1.29 is 17.9 Å². The average Bonchev–Trinajstić information content (AvgIpc) is 2.53. The molecule has 9 heteroatoms. The first-order valence-corrected chi connectivity index (χ1v) is 7.17. The number of ether oxygens (including phenoxy) is 1. The zero-order chi connectivity index (χ0) is 13.9. The lowest BCUT2D eigenvalue weighted by Gasteiger charge is -2.04. The summed E-state index contributed by atoms with van der Waals surface area (Å²) in [6.45, 7) is 3.32. The number of sulfonamides is 1. The Hall–Kier alpha value is -1.63. The Kier molecular flexibility index (Phi) is 4.28. The molecule has 0 fully saturated rings. The van der Waals surface area contributed by atoms with Crippen molar-refractivity contribution in [2.45, 2.75) is 18.7 Å². The fourth-order valence-corrected chi connectivity index (χ4v) is 3.48. The second-order valence-corrected chi connectivity index (χ2v) is 5.92. The molecular formula is C9H11N3O4S2. The van der Waals surface area contributed by atoms with E-state index in [1.807, 2.05) is 0 Å². The topological polar surface area (TPSA) is 122 Å². The van der Waals surface area contributed by atoms with Crippen molar-refractivity contribution in [3.8, 4) is 6.07 Å². The number of carbonyl (C=O) groups excluding carboxylic acids is 1. The van der Waals surface area contributed by atoms with E-state index in [-0.39, 0.29) is 22.1 Å². The second-order valence-electron chi connectivity index (χ2n) is 3.19. The molecule has 18 heavy (non-hydrogen) atoms. The minimum Gasteiger partial charge on any atom is -0.450 e. The number of amides is 1. The molecule has 0 aromatic carbocycles. The smallest absolute Gasteiger partial charge is 0.412 e. The van der Waals surface area contributed by atoms with Gasteiger partial charge in [0.05, 0.1) is 12.2 Å². The quantitative estimate of drug-likeness (QED) is 0.864. The van der Waals surface area contributed by atoms with E-state index >= 15 is 0 Å². The number of primary sulfonamides is 1. The minimum atomic E-state index is -4.10. The fraction of sp³-hybridized carbons (Fsp3) is 0.333.